The number of hydrogen-bond donors (Lipinski definition) is 1. The van der Waals surface area contributed by atoms with Crippen molar-refractivity contribution in [1.82, 2.24) is 10.3 Å². The molecule has 21 heavy (non-hydrogen) atoms. The predicted molar refractivity (Wildman–Crippen MR) is 79.5 cm³/mol. The van der Waals surface area contributed by atoms with E-state index in [4.69, 9.17) is 9.15 Å². The fraction of sp³-hybridized carbons (Fsp3) is 0.375. The van der Waals surface area contributed by atoms with Crippen LogP contribution in [0.5, 0.6) is 0 Å². The van der Waals surface area contributed by atoms with Crippen molar-refractivity contribution < 1.29 is 13.9 Å². The molecule has 0 amide bonds. The number of ether oxygens (including phenoxy) is 1. The molecule has 1 aromatic carbocycles. The second kappa shape index (κ2) is 8.21. The van der Waals surface area contributed by atoms with Gasteiger partial charge < -0.3 is 14.5 Å². The number of oxazole rings is 1. The van der Waals surface area contributed by atoms with Gasteiger partial charge in [-0.2, -0.15) is 0 Å². The summed E-state index contributed by atoms with van der Waals surface area (Å²) >= 11 is 0. The van der Waals surface area contributed by atoms with E-state index in [-0.39, 0.29) is 5.97 Å². The Kier molecular flexibility index (Phi) is 5.97. The Labute approximate surface area is 124 Å². The van der Waals surface area contributed by atoms with Gasteiger partial charge >= 0.3 is 5.97 Å². The molecule has 0 bridgehead atoms. The van der Waals surface area contributed by atoms with Crippen LogP contribution in [-0.2, 0) is 16.1 Å². The first-order valence-corrected chi connectivity index (χ1v) is 7.15. The summed E-state index contributed by atoms with van der Waals surface area (Å²) in [5, 5.41) is 3.23. The summed E-state index contributed by atoms with van der Waals surface area (Å²) < 4.78 is 10.3. The first-order valence-electron chi connectivity index (χ1n) is 7.15. The Morgan fingerprint density at radius 2 is 2.14 bits per heavy atom. The van der Waals surface area contributed by atoms with Crippen LogP contribution in [0, 0.1) is 0 Å². The minimum atomic E-state index is -0.146. The first-order chi connectivity index (χ1) is 10.3. The minimum absolute atomic E-state index is 0.146. The monoisotopic (exact) mass is 288 g/mol. The molecule has 0 aliphatic carbocycles. The summed E-state index contributed by atoms with van der Waals surface area (Å²) in [4.78, 5) is 15.6. The lowest BCUT2D eigenvalue weighted by Gasteiger charge is -2.02. The van der Waals surface area contributed by atoms with Gasteiger partial charge in [-0.15, -0.1) is 0 Å². The lowest BCUT2D eigenvalue weighted by Crippen LogP contribution is -2.16. The lowest BCUT2D eigenvalue weighted by molar-refractivity contribution is -0.143. The van der Waals surface area contributed by atoms with Crippen LogP contribution in [0.2, 0.25) is 0 Å². The van der Waals surface area contributed by atoms with Crippen LogP contribution < -0.4 is 5.32 Å². The predicted octanol–water partition coefficient (Wildman–Crippen LogP) is 2.77. The van der Waals surface area contributed by atoms with Crippen LogP contribution in [0.25, 0.3) is 11.5 Å². The number of carbonyl (C=O) groups excluding carboxylic acids is 1. The Morgan fingerprint density at radius 3 is 2.90 bits per heavy atom. The Hall–Kier alpha value is -2.14. The van der Waals surface area contributed by atoms with Crippen molar-refractivity contribution in [2.45, 2.75) is 26.3 Å². The van der Waals surface area contributed by atoms with Crippen molar-refractivity contribution in [2.24, 2.45) is 0 Å². The first kappa shape index (κ1) is 15.3. The van der Waals surface area contributed by atoms with E-state index in [0.29, 0.717) is 25.5 Å². The van der Waals surface area contributed by atoms with Crippen molar-refractivity contribution >= 4 is 5.97 Å². The molecule has 1 heterocycles. The van der Waals surface area contributed by atoms with Gasteiger partial charge in [0, 0.05) is 18.5 Å². The molecule has 5 heteroatoms. The van der Waals surface area contributed by atoms with Crippen LogP contribution in [0.3, 0.4) is 0 Å². The van der Waals surface area contributed by atoms with Gasteiger partial charge in [-0.25, -0.2) is 4.98 Å². The van der Waals surface area contributed by atoms with Crippen LogP contribution in [0.1, 0.15) is 25.5 Å². The van der Waals surface area contributed by atoms with E-state index in [9.17, 15) is 4.79 Å². The van der Waals surface area contributed by atoms with Gasteiger partial charge in [0.2, 0.25) is 5.89 Å². The fourth-order valence-corrected chi connectivity index (χ4v) is 1.91. The third kappa shape index (κ3) is 5.04. The average molecular weight is 288 g/mol. The molecule has 2 rings (SSSR count). The zero-order chi connectivity index (χ0) is 14.9. The molecule has 0 spiro atoms. The third-order valence-electron chi connectivity index (χ3n) is 2.92. The van der Waals surface area contributed by atoms with Gasteiger partial charge in [-0.3, -0.25) is 4.79 Å². The number of benzene rings is 1. The van der Waals surface area contributed by atoms with Gasteiger partial charge in [0.1, 0.15) is 6.26 Å². The van der Waals surface area contributed by atoms with Gasteiger partial charge in [-0.05, 0) is 32.0 Å². The molecule has 0 fully saturated rings. The smallest absolute Gasteiger partial charge is 0.305 e. The number of esters is 1. The molecule has 5 nitrogen and oxygen atoms in total. The molecule has 0 saturated carbocycles. The standard InChI is InChI=1S/C16H20N2O3/c1-2-20-15(19)9-6-10-17-11-14-12-21-16(18-14)13-7-4-3-5-8-13/h3-5,7-8,12,17H,2,6,9-11H2,1H3. The van der Waals surface area contributed by atoms with E-state index >= 15 is 0 Å². The average Bonchev–Trinajstić information content (AvgIpc) is 2.97. The summed E-state index contributed by atoms with van der Waals surface area (Å²) in [6.45, 7) is 3.62. The second-order valence-electron chi connectivity index (χ2n) is 4.60. The van der Waals surface area contributed by atoms with Crippen LogP contribution in [0.4, 0.5) is 0 Å². The highest BCUT2D eigenvalue weighted by Crippen LogP contribution is 2.17. The molecular formula is C16H20N2O3. The normalized spacial score (nSPS) is 10.5. The Balaban J connectivity index is 1.70. The zero-order valence-corrected chi connectivity index (χ0v) is 12.2. The van der Waals surface area contributed by atoms with E-state index in [0.717, 1.165) is 24.2 Å². The van der Waals surface area contributed by atoms with Crippen LogP contribution in [-0.4, -0.2) is 24.1 Å². The molecule has 1 aromatic heterocycles. The fourth-order valence-electron chi connectivity index (χ4n) is 1.91. The Bertz CT molecular complexity index is 552. The van der Waals surface area contributed by atoms with Crippen LogP contribution >= 0.6 is 0 Å². The maximum atomic E-state index is 11.2. The SMILES string of the molecule is CCOC(=O)CCCNCc1coc(-c2ccccc2)n1. The highest BCUT2D eigenvalue weighted by Gasteiger charge is 2.06. The molecule has 0 atom stereocenters. The summed E-state index contributed by atoms with van der Waals surface area (Å²) in [5.41, 5.74) is 1.82. The lowest BCUT2D eigenvalue weighted by atomic mass is 10.2. The molecule has 0 unspecified atom stereocenters. The summed E-state index contributed by atoms with van der Waals surface area (Å²) in [5.74, 6) is 0.478. The quantitative estimate of drug-likeness (QED) is 0.597. The summed E-state index contributed by atoms with van der Waals surface area (Å²) in [6, 6.07) is 9.78. The third-order valence-corrected chi connectivity index (χ3v) is 2.92. The number of hydrogen-bond acceptors (Lipinski definition) is 5. The van der Waals surface area contributed by atoms with Gasteiger partial charge in [0.05, 0.1) is 12.3 Å². The number of carbonyl (C=O) groups is 1. The van der Waals surface area contributed by atoms with E-state index in [1.807, 2.05) is 37.3 Å². The van der Waals surface area contributed by atoms with Crippen molar-refractivity contribution in [1.29, 1.82) is 0 Å². The number of aromatic nitrogens is 1. The Morgan fingerprint density at radius 1 is 1.33 bits per heavy atom. The highest BCUT2D eigenvalue weighted by molar-refractivity contribution is 5.69. The van der Waals surface area contributed by atoms with E-state index in [2.05, 4.69) is 10.3 Å². The molecular weight excluding hydrogens is 268 g/mol. The molecule has 0 aliphatic rings. The van der Waals surface area contributed by atoms with Crippen molar-refractivity contribution in [2.75, 3.05) is 13.2 Å². The van der Waals surface area contributed by atoms with Crippen molar-refractivity contribution in [3.63, 3.8) is 0 Å². The van der Waals surface area contributed by atoms with Crippen LogP contribution in [0.15, 0.2) is 41.0 Å². The molecule has 2 aromatic rings. The summed E-state index contributed by atoms with van der Waals surface area (Å²) in [7, 11) is 0. The van der Waals surface area contributed by atoms with Gasteiger partial charge in [0.25, 0.3) is 0 Å². The van der Waals surface area contributed by atoms with E-state index < -0.39 is 0 Å². The topological polar surface area (TPSA) is 64.4 Å². The second-order valence-corrected chi connectivity index (χ2v) is 4.60. The van der Waals surface area contributed by atoms with Crippen molar-refractivity contribution in [3.05, 3.63) is 42.3 Å². The van der Waals surface area contributed by atoms with E-state index in [1.54, 1.807) is 6.26 Å². The number of rotatable bonds is 8. The minimum Gasteiger partial charge on any atom is -0.466 e. The summed E-state index contributed by atoms with van der Waals surface area (Å²) in [6.07, 6.45) is 2.85. The van der Waals surface area contributed by atoms with Gasteiger partial charge in [0.15, 0.2) is 0 Å². The number of nitrogens with one attached hydrogen (secondary N) is 1. The van der Waals surface area contributed by atoms with Gasteiger partial charge in [-0.1, -0.05) is 18.2 Å². The largest absolute Gasteiger partial charge is 0.466 e. The van der Waals surface area contributed by atoms with E-state index in [1.165, 1.54) is 0 Å². The van der Waals surface area contributed by atoms with Crippen molar-refractivity contribution in [3.8, 4) is 11.5 Å². The molecule has 112 valence electrons. The molecule has 0 aliphatic heterocycles. The highest BCUT2D eigenvalue weighted by atomic mass is 16.5. The number of nitrogens with zero attached hydrogens (tertiary/aromatic N) is 1. The molecule has 0 radical (unpaired) electrons. The molecule has 0 saturated heterocycles. The molecule has 1 N–H and O–H groups in total. The maximum absolute atomic E-state index is 11.2. The zero-order valence-electron chi connectivity index (χ0n) is 12.2. The maximum Gasteiger partial charge on any atom is 0.305 e.